The summed E-state index contributed by atoms with van der Waals surface area (Å²) >= 11 is 0. The SMILES string of the molecule is CO[C@@H]1C[C@H]2[C@@H]3CC[C@H]([C@H](C)[C@@H](O)C[C@]4(C)OC4(C)C)[C@@]3(C)CC[C@@H]2[C@@]2(C)CC[C@H]3C[C@]312. The first-order chi connectivity index (χ1) is 14.9. The first-order valence-corrected chi connectivity index (χ1v) is 13.8. The molecule has 32 heavy (non-hydrogen) atoms. The number of aliphatic hydroxyl groups is 1. The summed E-state index contributed by atoms with van der Waals surface area (Å²) in [5.41, 5.74) is 1.17. The Balaban J connectivity index is 1.23. The zero-order valence-corrected chi connectivity index (χ0v) is 21.7. The van der Waals surface area contributed by atoms with Gasteiger partial charge in [-0.2, -0.15) is 0 Å². The summed E-state index contributed by atoms with van der Waals surface area (Å²) < 4.78 is 12.3. The Morgan fingerprint density at radius 1 is 1.00 bits per heavy atom. The highest BCUT2D eigenvalue weighted by Crippen LogP contribution is 2.82. The Labute approximate surface area is 196 Å². The molecule has 0 amide bonds. The molecule has 0 aromatic heterocycles. The molecule has 1 saturated heterocycles. The number of fused-ring (bicyclic) bond motifs is 4. The van der Waals surface area contributed by atoms with E-state index in [1.807, 2.05) is 7.11 Å². The second kappa shape index (κ2) is 6.55. The molecule has 3 nitrogen and oxygen atoms in total. The smallest absolute Gasteiger partial charge is 0.0971 e. The van der Waals surface area contributed by atoms with Gasteiger partial charge >= 0.3 is 0 Å². The molecule has 3 heteroatoms. The molecular formula is C29H48O3. The van der Waals surface area contributed by atoms with E-state index in [0.29, 0.717) is 34.2 Å². The average molecular weight is 445 g/mol. The Morgan fingerprint density at radius 3 is 2.34 bits per heavy atom. The minimum absolute atomic E-state index is 0.0848. The third-order valence-electron chi connectivity index (χ3n) is 13.5. The first kappa shape index (κ1) is 22.4. The summed E-state index contributed by atoms with van der Waals surface area (Å²) in [7, 11) is 1.99. The summed E-state index contributed by atoms with van der Waals surface area (Å²) in [5, 5.41) is 11.3. The fourth-order valence-electron chi connectivity index (χ4n) is 11.2. The Morgan fingerprint density at radius 2 is 1.72 bits per heavy atom. The summed E-state index contributed by atoms with van der Waals surface area (Å²) in [6.45, 7) is 14.1. The quantitative estimate of drug-likeness (QED) is 0.512. The van der Waals surface area contributed by atoms with Crippen LogP contribution in [0.25, 0.3) is 0 Å². The molecule has 1 aliphatic heterocycles. The molecule has 6 rings (SSSR count). The lowest BCUT2D eigenvalue weighted by Crippen LogP contribution is -2.57. The third-order valence-corrected chi connectivity index (χ3v) is 13.5. The van der Waals surface area contributed by atoms with Crippen LogP contribution in [0.15, 0.2) is 0 Å². The van der Waals surface area contributed by atoms with Gasteiger partial charge in [-0.1, -0.05) is 20.8 Å². The molecule has 0 aromatic carbocycles. The Kier molecular flexibility index (Phi) is 4.57. The number of methoxy groups -OCH3 is 1. The van der Waals surface area contributed by atoms with E-state index in [9.17, 15) is 5.11 Å². The zero-order valence-electron chi connectivity index (χ0n) is 21.7. The van der Waals surface area contributed by atoms with Crippen LogP contribution in [0.4, 0.5) is 0 Å². The highest BCUT2D eigenvalue weighted by molar-refractivity contribution is 5.26. The van der Waals surface area contributed by atoms with Crippen LogP contribution in [-0.2, 0) is 9.47 Å². The zero-order chi connectivity index (χ0) is 22.9. The van der Waals surface area contributed by atoms with Gasteiger partial charge in [-0.05, 0) is 118 Å². The van der Waals surface area contributed by atoms with Gasteiger partial charge in [0, 0.05) is 18.9 Å². The van der Waals surface area contributed by atoms with E-state index in [0.717, 1.165) is 30.1 Å². The molecule has 0 aromatic rings. The van der Waals surface area contributed by atoms with Crippen molar-refractivity contribution in [2.24, 2.45) is 51.8 Å². The second-order valence-corrected chi connectivity index (χ2v) is 14.4. The van der Waals surface area contributed by atoms with Gasteiger partial charge in [0.15, 0.2) is 0 Å². The fourth-order valence-corrected chi connectivity index (χ4v) is 11.2. The van der Waals surface area contributed by atoms with Crippen molar-refractivity contribution in [1.29, 1.82) is 0 Å². The van der Waals surface area contributed by atoms with Crippen molar-refractivity contribution in [2.45, 2.75) is 123 Å². The van der Waals surface area contributed by atoms with Crippen LogP contribution < -0.4 is 0 Å². The van der Waals surface area contributed by atoms with Crippen molar-refractivity contribution in [3.63, 3.8) is 0 Å². The Hall–Kier alpha value is -0.120. The van der Waals surface area contributed by atoms with Crippen molar-refractivity contribution in [3.05, 3.63) is 0 Å². The minimum Gasteiger partial charge on any atom is -0.393 e. The molecule has 5 aliphatic carbocycles. The van der Waals surface area contributed by atoms with E-state index >= 15 is 0 Å². The number of rotatable bonds is 5. The summed E-state index contributed by atoms with van der Waals surface area (Å²) in [6.07, 6.45) is 12.1. The molecule has 0 unspecified atom stereocenters. The van der Waals surface area contributed by atoms with Gasteiger partial charge in [0.1, 0.15) is 0 Å². The summed E-state index contributed by atoms with van der Waals surface area (Å²) in [6, 6.07) is 0. The molecule has 0 bridgehead atoms. The molecule has 6 aliphatic rings. The van der Waals surface area contributed by atoms with Crippen molar-refractivity contribution in [1.82, 2.24) is 0 Å². The molecule has 1 spiro atoms. The average Bonchev–Trinajstić information content (AvgIpc) is 3.45. The number of aliphatic hydroxyl groups excluding tert-OH is 1. The topological polar surface area (TPSA) is 42.0 Å². The molecule has 6 fully saturated rings. The second-order valence-electron chi connectivity index (χ2n) is 14.4. The highest BCUT2D eigenvalue weighted by Gasteiger charge is 2.77. The van der Waals surface area contributed by atoms with Gasteiger partial charge < -0.3 is 14.6 Å². The first-order valence-electron chi connectivity index (χ1n) is 13.8. The number of hydrogen-bond donors (Lipinski definition) is 1. The van der Waals surface area contributed by atoms with Crippen LogP contribution in [0, 0.1) is 51.8 Å². The van der Waals surface area contributed by atoms with Gasteiger partial charge in [0.25, 0.3) is 0 Å². The van der Waals surface area contributed by atoms with E-state index in [2.05, 4.69) is 41.5 Å². The van der Waals surface area contributed by atoms with E-state index < -0.39 is 0 Å². The van der Waals surface area contributed by atoms with Gasteiger partial charge in [-0.3, -0.25) is 0 Å². The Bertz CT molecular complexity index is 793. The predicted molar refractivity (Wildman–Crippen MR) is 127 cm³/mol. The monoisotopic (exact) mass is 444 g/mol. The number of hydrogen-bond acceptors (Lipinski definition) is 3. The van der Waals surface area contributed by atoms with Crippen LogP contribution in [-0.4, -0.2) is 35.6 Å². The molecule has 5 saturated carbocycles. The van der Waals surface area contributed by atoms with Gasteiger partial charge in [0.2, 0.25) is 0 Å². The summed E-state index contributed by atoms with van der Waals surface area (Å²) in [4.78, 5) is 0. The van der Waals surface area contributed by atoms with Gasteiger partial charge in [-0.25, -0.2) is 0 Å². The van der Waals surface area contributed by atoms with Crippen molar-refractivity contribution >= 4 is 0 Å². The lowest BCUT2D eigenvalue weighted by atomic mass is 9.45. The maximum Gasteiger partial charge on any atom is 0.0971 e. The fraction of sp³-hybridized carbons (Fsp3) is 1.00. The van der Waals surface area contributed by atoms with E-state index in [4.69, 9.17) is 9.47 Å². The van der Waals surface area contributed by atoms with Crippen LogP contribution in [0.5, 0.6) is 0 Å². The molecular weight excluding hydrogens is 396 g/mol. The van der Waals surface area contributed by atoms with Gasteiger partial charge in [0.05, 0.1) is 23.4 Å². The van der Waals surface area contributed by atoms with Crippen molar-refractivity contribution in [3.8, 4) is 0 Å². The molecule has 1 heterocycles. The molecule has 0 radical (unpaired) electrons. The van der Waals surface area contributed by atoms with Crippen molar-refractivity contribution < 1.29 is 14.6 Å². The summed E-state index contributed by atoms with van der Waals surface area (Å²) in [5.74, 6) is 4.48. The highest BCUT2D eigenvalue weighted by atomic mass is 16.6. The maximum absolute atomic E-state index is 11.3. The van der Waals surface area contributed by atoms with E-state index in [1.165, 1.54) is 51.4 Å². The maximum atomic E-state index is 11.3. The van der Waals surface area contributed by atoms with Crippen molar-refractivity contribution in [2.75, 3.05) is 7.11 Å². The lowest BCUT2D eigenvalue weighted by Gasteiger charge is -2.61. The third kappa shape index (κ3) is 2.55. The van der Waals surface area contributed by atoms with Crippen LogP contribution in [0.2, 0.25) is 0 Å². The predicted octanol–water partition coefficient (Wildman–Crippen LogP) is 6.22. The van der Waals surface area contributed by atoms with Gasteiger partial charge in [-0.15, -0.1) is 0 Å². The largest absolute Gasteiger partial charge is 0.393 e. The molecule has 182 valence electrons. The minimum atomic E-state index is -0.263. The number of epoxide rings is 1. The number of ether oxygens (including phenoxy) is 2. The van der Waals surface area contributed by atoms with Crippen LogP contribution in [0.1, 0.15) is 99.3 Å². The molecule has 1 N–H and O–H groups in total. The van der Waals surface area contributed by atoms with Crippen LogP contribution in [0.3, 0.4) is 0 Å². The normalized spacial score (nSPS) is 58.9. The lowest BCUT2D eigenvalue weighted by molar-refractivity contribution is -0.162. The van der Waals surface area contributed by atoms with E-state index in [-0.39, 0.29) is 17.3 Å². The van der Waals surface area contributed by atoms with E-state index in [1.54, 1.807) is 0 Å². The molecule has 12 atom stereocenters. The van der Waals surface area contributed by atoms with Crippen LogP contribution >= 0.6 is 0 Å². The standard InChI is InChI=1S/C29H48O3/c1-17(23(30)16-28(6)25(2,3)32-28)20-8-9-21-19-14-24(31-7)29-15-18(29)10-13-27(29,5)22(19)11-12-26(20,21)4/h17-24,30H,8-16H2,1-7H3/t17-,18-,19-,20+,21-,22-,23-,24+,26+,27+,28-,29-/m0/s1.